The summed E-state index contributed by atoms with van der Waals surface area (Å²) < 4.78 is 7.93. The van der Waals surface area contributed by atoms with E-state index in [1.165, 1.54) is 0 Å². The van der Waals surface area contributed by atoms with Gasteiger partial charge in [0.15, 0.2) is 5.82 Å². The van der Waals surface area contributed by atoms with Gasteiger partial charge in [0.05, 0.1) is 27.1 Å². The van der Waals surface area contributed by atoms with E-state index in [0.717, 1.165) is 26.3 Å². The SMILES string of the molecule is CNc1nc(-c2cn(C)nc2C)nc(COC)c1I. The Morgan fingerprint density at radius 3 is 2.68 bits per heavy atom. The molecule has 2 heterocycles. The fraction of sp³-hybridized carbons (Fsp3) is 0.417. The third kappa shape index (κ3) is 2.86. The van der Waals surface area contributed by atoms with Gasteiger partial charge in [-0.2, -0.15) is 5.10 Å². The molecule has 0 saturated heterocycles. The topological polar surface area (TPSA) is 64.9 Å². The lowest BCUT2D eigenvalue weighted by molar-refractivity contribution is 0.181. The summed E-state index contributed by atoms with van der Waals surface area (Å²) in [4.78, 5) is 9.12. The van der Waals surface area contributed by atoms with Crippen LogP contribution in [-0.2, 0) is 18.4 Å². The molecule has 0 aromatic carbocycles. The number of nitrogens with one attached hydrogen (secondary N) is 1. The molecular formula is C12H16IN5O. The van der Waals surface area contributed by atoms with E-state index >= 15 is 0 Å². The molecular weight excluding hydrogens is 357 g/mol. The van der Waals surface area contributed by atoms with E-state index in [1.54, 1.807) is 11.8 Å². The van der Waals surface area contributed by atoms with Gasteiger partial charge in [-0.1, -0.05) is 0 Å². The van der Waals surface area contributed by atoms with Gasteiger partial charge in [0.2, 0.25) is 0 Å². The Morgan fingerprint density at radius 2 is 2.16 bits per heavy atom. The molecule has 19 heavy (non-hydrogen) atoms. The standard InChI is InChI=1S/C12H16IN5O/c1-7-8(5-18(3)17-7)11-15-9(6-19-4)10(13)12(14-2)16-11/h5H,6H2,1-4H3,(H,14,15,16). The van der Waals surface area contributed by atoms with E-state index in [9.17, 15) is 0 Å². The van der Waals surface area contributed by atoms with Crippen LogP contribution in [0.3, 0.4) is 0 Å². The third-order valence-electron chi connectivity index (χ3n) is 2.69. The number of halogens is 1. The van der Waals surface area contributed by atoms with E-state index < -0.39 is 0 Å². The maximum absolute atomic E-state index is 5.19. The number of aromatic nitrogens is 4. The number of ether oxygens (including phenoxy) is 1. The van der Waals surface area contributed by atoms with Crippen LogP contribution in [0.5, 0.6) is 0 Å². The second kappa shape index (κ2) is 5.83. The summed E-state index contributed by atoms with van der Waals surface area (Å²) in [5, 5.41) is 7.41. The van der Waals surface area contributed by atoms with Gasteiger partial charge in [-0.15, -0.1) is 0 Å². The minimum atomic E-state index is 0.460. The van der Waals surface area contributed by atoms with Crippen LogP contribution in [0.15, 0.2) is 6.20 Å². The van der Waals surface area contributed by atoms with Crippen molar-refractivity contribution in [1.29, 1.82) is 0 Å². The number of hydrogen-bond acceptors (Lipinski definition) is 5. The van der Waals surface area contributed by atoms with Crippen LogP contribution in [0.4, 0.5) is 5.82 Å². The molecule has 0 saturated carbocycles. The van der Waals surface area contributed by atoms with Crippen LogP contribution < -0.4 is 5.32 Å². The van der Waals surface area contributed by atoms with Crippen LogP contribution >= 0.6 is 22.6 Å². The van der Waals surface area contributed by atoms with Gasteiger partial charge in [0.25, 0.3) is 0 Å². The van der Waals surface area contributed by atoms with Crippen molar-refractivity contribution in [3.63, 3.8) is 0 Å². The van der Waals surface area contributed by atoms with Crippen LogP contribution in [-0.4, -0.2) is 33.9 Å². The number of hydrogen-bond donors (Lipinski definition) is 1. The predicted octanol–water partition coefficient (Wildman–Crippen LogP) is 1.98. The van der Waals surface area contributed by atoms with E-state index in [1.807, 2.05) is 27.2 Å². The zero-order valence-corrected chi connectivity index (χ0v) is 13.5. The highest BCUT2D eigenvalue weighted by Crippen LogP contribution is 2.25. The van der Waals surface area contributed by atoms with Crippen molar-refractivity contribution in [2.45, 2.75) is 13.5 Å². The maximum atomic E-state index is 5.19. The highest BCUT2D eigenvalue weighted by Gasteiger charge is 2.15. The number of nitrogens with zero attached hydrogens (tertiary/aromatic N) is 4. The van der Waals surface area contributed by atoms with Crippen molar-refractivity contribution < 1.29 is 4.74 Å². The van der Waals surface area contributed by atoms with Crippen LogP contribution in [0, 0.1) is 10.5 Å². The molecule has 1 N–H and O–H groups in total. The van der Waals surface area contributed by atoms with E-state index in [0.29, 0.717) is 12.4 Å². The Morgan fingerprint density at radius 1 is 1.42 bits per heavy atom. The Bertz CT molecular complexity index is 596. The molecule has 2 rings (SSSR count). The summed E-state index contributed by atoms with van der Waals surface area (Å²) in [6.07, 6.45) is 1.92. The minimum absolute atomic E-state index is 0.460. The molecule has 0 aliphatic carbocycles. The summed E-state index contributed by atoms with van der Waals surface area (Å²) in [5.41, 5.74) is 2.72. The molecule has 0 radical (unpaired) electrons. The van der Waals surface area contributed by atoms with Crippen LogP contribution in [0.25, 0.3) is 11.4 Å². The zero-order chi connectivity index (χ0) is 14.0. The van der Waals surface area contributed by atoms with Crippen molar-refractivity contribution in [2.75, 3.05) is 19.5 Å². The molecule has 0 spiro atoms. The smallest absolute Gasteiger partial charge is 0.165 e. The summed E-state index contributed by atoms with van der Waals surface area (Å²) in [5.74, 6) is 1.48. The Labute approximate surface area is 125 Å². The predicted molar refractivity (Wildman–Crippen MR) is 81.9 cm³/mol. The number of aryl methyl sites for hydroxylation is 2. The van der Waals surface area contributed by atoms with Gasteiger partial charge >= 0.3 is 0 Å². The zero-order valence-electron chi connectivity index (χ0n) is 11.4. The molecule has 2 aromatic heterocycles. The Balaban J connectivity index is 2.57. The molecule has 6 nitrogen and oxygen atoms in total. The third-order valence-corrected chi connectivity index (χ3v) is 3.83. The lowest BCUT2D eigenvalue weighted by Gasteiger charge is -2.10. The average molecular weight is 373 g/mol. The second-order valence-corrected chi connectivity index (χ2v) is 5.22. The molecule has 0 aliphatic rings. The molecule has 0 bridgehead atoms. The van der Waals surface area contributed by atoms with Crippen LogP contribution in [0.2, 0.25) is 0 Å². The van der Waals surface area contributed by atoms with E-state index in [-0.39, 0.29) is 0 Å². The molecule has 0 aliphatic heterocycles. The van der Waals surface area contributed by atoms with Crippen molar-refractivity contribution in [3.05, 3.63) is 21.2 Å². The van der Waals surface area contributed by atoms with E-state index in [2.05, 4.69) is 43.0 Å². The molecule has 0 atom stereocenters. The lowest BCUT2D eigenvalue weighted by atomic mass is 10.2. The molecule has 102 valence electrons. The van der Waals surface area contributed by atoms with Gasteiger partial charge < -0.3 is 10.1 Å². The number of anilines is 1. The highest BCUT2D eigenvalue weighted by molar-refractivity contribution is 14.1. The van der Waals surface area contributed by atoms with Gasteiger partial charge in [0, 0.05) is 27.4 Å². The highest BCUT2D eigenvalue weighted by atomic mass is 127. The van der Waals surface area contributed by atoms with Gasteiger partial charge in [-0.25, -0.2) is 9.97 Å². The lowest BCUT2D eigenvalue weighted by Crippen LogP contribution is -2.06. The molecule has 7 heteroatoms. The summed E-state index contributed by atoms with van der Waals surface area (Å²) in [6.45, 7) is 2.41. The van der Waals surface area contributed by atoms with E-state index in [4.69, 9.17) is 4.74 Å². The second-order valence-electron chi connectivity index (χ2n) is 4.14. The quantitative estimate of drug-likeness (QED) is 0.831. The first-order valence-corrected chi connectivity index (χ1v) is 6.88. The van der Waals surface area contributed by atoms with Crippen LogP contribution in [0.1, 0.15) is 11.4 Å². The van der Waals surface area contributed by atoms with Crippen molar-refractivity contribution in [2.24, 2.45) is 7.05 Å². The normalized spacial score (nSPS) is 10.8. The van der Waals surface area contributed by atoms with Crippen molar-refractivity contribution >= 4 is 28.4 Å². The summed E-state index contributed by atoms with van der Waals surface area (Å²) >= 11 is 2.23. The minimum Gasteiger partial charge on any atom is -0.378 e. The fourth-order valence-electron chi connectivity index (χ4n) is 1.83. The first-order valence-electron chi connectivity index (χ1n) is 5.80. The Kier molecular flexibility index (Phi) is 4.35. The number of rotatable bonds is 4. The number of methoxy groups -OCH3 is 1. The molecule has 0 unspecified atom stereocenters. The van der Waals surface area contributed by atoms with Gasteiger partial charge in [-0.05, 0) is 29.5 Å². The summed E-state index contributed by atoms with van der Waals surface area (Å²) in [7, 11) is 5.39. The molecule has 0 fully saturated rings. The largest absolute Gasteiger partial charge is 0.378 e. The monoisotopic (exact) mass is 373 g/mol. The maximum Gasteiger partial charge on any atom is 0.165 e. The van der Waals surface area contributed by atoms with Crippen molar-refractivity contribution in [3.8, 4) is 11.4 Å². The van der Waals surface area contributed by atoms with Gasteiger partial charge in [-0.3, -0.25) is 4.68 Å². The molecule has 2 aromatic rings. The first kappa shape index (κ1) is 14.2. The fourth-order valence-corrected chi connectivity index (χ4v) is 2.50. The van der Waals surface area contributed by atoms with Gasteiger partial charge in [0.1, 0.15) is 5.82 Å². The average Bonchev–Trinajstić information content (AvgIpc) is 2.71. The Hall–Kier alpha value is -1.22. The first-order chi connectivity index (χ1) is 9.06. The molecule has 0 amide bonds. The summed E-state index contributed by atoms with van der Waals surface area (Å²) in [6, 6.07) is 0. The van der Waals surface area contributed by atoms with Crippen molar-refractivity contribution in [1.82, 2.24) is 19.7 Å².